The van der Waals surface area contributed by atoms with E-state index in [1.54, 1.807) is 18.0 Å². The average Bonchev–Trinajstić information content (AvgIpc) is 2.80. The monoisotopic (exact) mass is 446 g/mol. The number of carbonyl (C=O) groups excluding carboxylic acids is 2. The highest BCUT2D eigenvalue weighted by molar-refractivity contribution is 6.13. The van der Waals surface area contributed by atoms with Gasteiger partial charge in [-0.2, -0.15) is 0 Å². The SMILES string of the molecule is CC.CNCl.O=C1CC2(CCN(C(=O)OCc3ccccc3)CC2)Oc2ccccc21. The zero-order valence-electron chi connectivity index (χ0n) is 18.4. The molecule has 0 atom stereocenters. The number of Topliss-reactive ketones (excluding diaryl/α,β-unsaturated/α-hetero) is 1. The van der Waals surface area contributed by atoms with E-state index in [0.717, 1.165) is 5.56 Å². The molecule has 0 saturated carbocycles. The number of amides is 1. The maximum atomic E-state index is 12.4. The Bertz CT molecular complexity index is 836. The van der Waals surface area contributed by atoms with Gasteiger partial charge in [-0.15, -0.1) is 0 Å². The van der Waals surface area contributed by atoms with Crippen LogP contribution in [0.4, 0.5) is 4.79 Å². The fraction of sp³-hybridized carbons (Fsp3) is 0.417. The van der Waals surface area contributed by atoms with E-state index in [4.69, 9.17) is 21.3 Å². The van der Waals surface area contributed by atoms with Gasteiger partial charge >= 0.3 is 6.09 Å². The van der Waals surface area contributed by atoms with Crippen molar-refractivity contribution in [1.82, 2.24) is 9.74 Å². The topological polar surface area (TPSA) is 67.9 Å². The number of benzene rings is 2. The smallest absolute Gasteiger partial charge is 0.410 e. The van der Waals surface area contributed by atoms with Gasteiger partial charge in [0, 0.05) is 25.9 Å². The highest BCUT2D eigenvalue weighted by Crippen LogP contribution is 2.39. The molecule has 6 nitrogen and oxygen atoms in total. The van der Waals surface area contributed by atoms with Crippen LogP contribution in [0.15, 0.2) is 54.6 Å². The van der Waals surface area contributed by atoms with Crippen LogP contribution in [-0.2, 0) is 11.3 Å². The van der Waals surface area contributed by atoms with E-state index in [2.05, 4.69) is 4.84 Å². The third-order valence-electron chi connectivity index (χ3n) is 5.13. The van der Waals surface area contributed by atoms with E-state index >= 15 is 0 Å². The predicted molar refractivity (Wildman–Crippen MR) is 122 cm³/mol. The van der Waals surface area contributed by atoms with Crippen molar-refractivity contribution in [3.8, 4) is 5.75 Å². The molecule has 0 radical (unpaired) electrons. The summed E-state index contributed by atoms with van der Waals surface area (Å²) in [6.07, 6.45) is 1.32. The molecule has 1 saturated heterocycles. The molecule has 1 fully saturated rings. The van der Waals surface area contributed by atoms with Crippen molar-refractivity contribution >= 4 is 23.7 Å². The molecular weight excluding hydrogens is 416 g/mol. The number of hydrogen-bond acceptors (Lipinski definition) is 5. The predicted octanol–water partition coefficient (Wildman–Crippen LogP) is 5.21. The van der Waals surface area contributed by atoms with Gasteiger partial charge in [-0.1, -0.05) is 56.3 Å². The minimum absolute atomic E-state index is 0.118. The molecule has 31 heavy (non-hydrogen) atoms. The molecule has 2 aliphatic rings. The summed E-state index contributed by atoms with van der Waals surface area (Å²) in [7, 11) is 1.64. The van der Waals surface area contributed by atoms with Gasteiger partial charge in [0.15, 0.2) is 5.78 Å². The van der Waals surface area contributed by atoms with Gasteiger partial charge in [-0.3, -0.25) is 4.79 Å². The first-order chi connectivity index (χ1) is 15.1. The maximum Gasteiger partial charge on any atom is 0.410 e. The van der Waals surface area contributed by atoms with Crippen LogP contribution in [0.2, 0.25) is 0 Å². The summed E-state index contributed by atoms with van der Waals surface area (Å²) >= 11 is 4.75. The fourth-order valence-corrected chi connectivity index (χ4v) is 3.63. The standard InChI is InChI=1S/C21H21NO4.C2H6.CH4ClN/c23-18-14-21(26-19-9-5-4-8-17(18)19)10-12-22(13-11-21)20(24)25-15-16-6-2-1-3-7-16;1-2;1-3-2/h1-9H,10-15H2;1-2H3;3H,1H3. The largest absolute Gasteiger partial charge is 0.486 e. The third kappa shape index (κ3) is 6.71. The van der Waals surface area contributed by atoms with Crippen LogP contribution in [0.1, 0.15) is 49.0 Å². The van der Waals surface area contributed by atoms with Crippen molar-refractivity contribution in [1.29, 1.82) is 0 Å². The lowest BCUT2D eigenvalue weighted by Crippen LogP contribution is -2.52. The van der Waals surface area contributed by atoms with Crippen molar-refractivity contribution in [2.45, 2.75) is 45.3 Å². The minimum Gasteiger partial charge on any atom is -0.486 e. The summed E-state index contributed by atoms with van der Waals surface area (Å²) in [6.45, 7) is 5.33. The van der Waals surface area contributed by atoms with Crippen molar-refractivity contribution in [3.63, 3.8) is 0 Å². The number of rotatable bonds is 2. The number of piperidine rings is 1. The zero-order valence-corrected chi connectivity index (χ0v) is 19.2. The van der Waals surface area contributed by atoms with E-state index in [9.17, 15) is 9.59 Å². The fourth-order valence-electron chi connectivity index (χ4n) is 3.63. The van der Waals surface area contributed by atoms with Crippen LogP contribution < -0.4 is 9.57 Å². The van der Waals surface area contributed by atoms with Crippen LogP contribution in [0.5, 0.6) is 5.75 Å². The number of halogens is 1. The Labute approximate surface area is 189 Å². The van der Waals surface area contributed by atoms with Gasteiger partial charge in [0.2, 0.25) is 0 Å². The third-order valence-corrected chi connectivity index (χ3v) is 5.13. The molecule has 1 spiro atoms. The van der Waals surface area contributed by atoms with Gasteiger partial charge in [0.05, 0.1) is 12.0 Å². The molecule has 0 aromatic heterocycles. The van der Waals surface area contributed by atoms with Crippen LogP contribution in [0.3, 0.4) is 0 Å². The van der Waals surface area contributed by atoms with E-state index in [-0.39, 0.29) is 18.5 Å². The number of nitrogens with zero attached hydrogens (tertiary/aromatic N) is 1. The first kappa shape index (κ1) is 24.7. The van der Waals surface area contributed by atoms with Crippen molar-refractivity contribution in [2.24, 2.45) is 0 Å². The van der Waals surface area contributed by atoms with Crippen LogP contribution in [-0.4, -0.2) is 42.5 Å². The number of fused-ring (bicyclic) bond motifs is 1. The van der Waals surface area contributed by atoms with Crippen molar-refractivity contribution in [2.75, 3.05) is 20.1 Å². The lowest BCUT2D eigenvalue weighted by atomic mass is 9.82. The first-order valence-electron chi connectivity index (χ1n) is 10.6. The highest BCUT2D eigenvalue weighted by atomic mass is 35.5. The molecule has 1 amide bonds. The van der Waals surface area contributed by atoms with Gasteiger partial charge in [-0.05, 0) is 36.5 Å². The molecule has 0 aliphatic carbocycles. The van der Waals surface area contributed by atoms with E-state index in [1.807, 2.05) is 62.4 Å². The number of ketones is 1. The molecule has 0 unspecified atom stereocenters. The van der Waals surface area contributed by atoms with Gasteiger partial charge < -0.3 is 14.4 Å². The minimum atomic E-state index is -0.498. The summed E-state index contributed by atoms with van der Waals surface area (Å²) in [4.78, 5) is 28.7. The number of para-hydroxylation sites is 1. The molecule has 168 valence electrons. The number of carbonyl (C=O) groups is 2. The van der Waals surface area contributed by atoms with Crippen molar-refractivity contribution < 1.29 is 19.1 Å². The number of likely N-dealkylation sites (tertiary alicyclic amines) is 1. The number of ether oxygens (including phenoxy) is 2. The highest BCUT2D eigenvalue weighted by Gasteiger charge is 2.43. The van der Waals surface area contributed by atoms with E-state index < -0.39 is 5.60 Å². The Morgan fingerprint density at radius 3 is 2.32 bits per heavy atom. The Kier molecular flexibility index (Phi) is 9.82. The molecule has 0 bridgehead atoms. The van der Waals surface area contributed by atoms with Gasteiger partial charge in [0.1, 0.15) is 18.0 Å². The van der Waals surface area contributed by atoms with Crippen LogP contribution in [0, 0.1) is 0 Å². The second kappa shape index (κ2) is 12.3. The van der Waals surface area contributed by atoms with Crippen LogP contribution in [0.25, 0.3) is 0 Å². The zero-order chi connectivity index (χ0) is 22.7. The van der Waals surface area contributed by atoms with Gasteiger partial charge in [-0.25, -0.2) is 9.63 Å². The Hall–Kier alpha value is -2.57. The second-order valence-electron chi connectivity index (χ2n) is 7.10. The molecular formula is C24H31ClN2O4. The molecule has 2 aliphatic heterocycles. The maximum absolute atomic E-state index is 12.4. The summed E-state index contributed by atoms with van der Waals surface area (Å²) in [5.41, 5.74) is 1.12. The Balaban J connectivity index is 0.000000630. The summed E-state index contributed by atoms with van der Waals surface area (Å²) in [6, 6.07) is 17.0. The lowest BCUT2D eigenvalue weighted by molar-refractivity contribution is -0.00985. The van der Waals surface area contributed by atoms with E-state index in [0.29, 0.717) is 43.7 Å². The molecule has 2 heterocycles. The Morgan fingerprint density at radius 2 is 1.68 bits per heavy atom. The summed E-state index contributed by atoms with van der Waals surface area (Å²) < 4.78 is 11.6. The molecule has 7 heteroatoms. The number of hydrogen-bond donors (Lipinski definition) is 1. The quantitative estimate of drug-likeness (QED) is 0.641. The second-order valence-corrected chi connectivity index (χ2v) is 7.48. The Morgan fingerprint density at radius 1 is 1.10 bits per heavy atom. The lowest BCUT2D eigenvalue weighted by Gasteiger charge is -2.43. The molecule has 2 aromatic carbocycles. The summed E-state index contributed by atoms with van der Waals surface area (Å²) in [5.74, 6) is 0.774. The molecule has 4 rings (SSSR count). The van der Waals surface area contributed by atoms with Crippen molar-refractivity contribution in [3.05, 3.63) is 65.7 Å². The van der Waals surface area contributed by atoms with E-state index in [1.165, 1.54) is 0 Å². The number of nitrogens with one attached hydrogen (secondary N) is 1. The normalized spacial score (nSPS) is 16.0. The summed E-state index contributed by atoms with van der Waals surface area (Å²) in [5, 5.41) is 0. The van der Waals surface area contributed by atoms with Crippen LogP contribution >= 0.6 is 11.8 Å². The average molecular weight is 447 g/mol. The molecule has 2 aromatic rings. The van der Waals surface area contributed by atoms with Gasteiger partial charge in [0.25, 0.3) is 0 Å². The molecule has 1 N–H and O–H groups in total. The first-order valence-corrected chi connectivity index (χ1v) is 11.0.